The maximum Gasteiger partial charge on any atom is 0.240 e. The molecule has 1 amide bonds. The molecule has 7 nitrogen and oxygen atoms in total. The molecule has 1 N–H and O–H groups in total. The molecule has 1 saturated heterocycles. The Hall–Kier alpha value is -2.28. The van der Waals surface area contributed by atoms with Crippen molar-refractivity contribution < 1.29 is 9.53 Å². The van der Waals surface area contributed by atoms with Crippen molar-refractivity contribution in [3.05, 3.63) is 42.0 Å². The summed E-state index contributed by atoms with van der Waals surface area (Å²) in [5.41, 5.74) is 0.820. The third kappa shape index (κ3) is 4.17. The van der Waals surface area contributed by atoms with Crippen molar-refractivity contribution in [1.29, 1.82) is 0 Å². The quantitative estimate of drug-likeness (QED) is 0.867. The van der Waals surface area contributed by atoms with Gasteiger partial charge in [-0.1, -0.05) is 6.92 Å². The largest absolute Gasteiger partial charge is 0.381 e. The van der Waals surface area contributed by atoms with Gasteiger partial charge in [0.15, 0.2) is 0 Å². The highest BCUT2D eigenvalue weighted by Crippen LogP contribution is 2.22. The van der Waals surface area contributed by atoms with E-state index < -0.39 is 0 Å². The van der Waals surface area contributed by atoms with Gasteiger partial charge in [0.1, 0.15) is 18.2 Å². The molecule has 7 heteroatoms. The highest BCUT2D eigenvalue weighted by molar-refractivity contribution is 5.75. The average molecular weight is 329 g/mol. The maximum absolute atomic E-state index is 12.1. The fraction of sp³-hybridized carbons (Fsp3) is 0.529. The summed E-state index contributed by atoms with van der Waals surface area (Å²) in [7, 11) is 0. The molecule has 0 spiro atoms. The van der Waals surface area contributed by atoms with Crippen molar-refractivity contribution in [2.75, 3.05) is 13.2 Å². The van der Waals surface area contributed by atoms with Gasteiger partial charge >= 0.3 is 0 Å². The normalized spacial score (nSPS) is 17.6. The second-order valence-electron chi connectivity index (χ2n) is 5.92. The number of imidazole rings is 1. The van der Waals surface area contributed by atoms with Gasteiger partial charge in [-0.25, -0.2) is 15.0 Å². The molecule has 2 aromatic heterocycles. The van der Waals surface area contributed by atoms with E-state index in [0.717, 1.165) is 43.2 Å². The monoisotopic (exact) mass is 329 g/mol. The Balaban J connectivity index is 1.55. The Morgan fingerprint density at radius 1 is 1.42 bits per heavy atom. The zero-order valence-corrected chi connectivity index (χ0v) is 13.9. The minimum Gasteiger partial charge on any atom is -0.381 e. The summed E-state index contributed by atoms with van der Waals surface area (Å²) >= 11 is 0. The number of rotatable bonds is 6. The van der Waals surface area contributed by atoms with Gasteiger partial charge in [0.25, 0.3) is 0 Å². The van der Waals surface area contributed by atoms with Gasteiger partial charge in [-0.15, -0.1) is 0 Å². The standard InChI is InChI=1S/C17H23N5O2/c1-2-15-18-7-8-22(15)11-16(23)20-10-14-5-6-19-17(21-14)13-4-3-9-24-12-13/h5-8,13H,2-4,9-12H2,1H3,(H,20,23). The molecule has 128 valence electrons. The molecule has 1 unspecified atom stereocenters. The first-order valence-electron chi connectivity index (χ1n) is 8.42. The molecule has 1 aliphatic rings. The number of nitrogens with one attached hydrogen (secondary N) is 1. The Labute approximate surface area is 141 Å². The third-order valence-corrected chi connectivity index (χ3v) is 4.16. The lowest BCUT2D eigenvalue weighted by atomic mass is 10.0. The second kappa shape index (κ2) is 8.01. The molecule has 24 heavy (non-hydrogen) atoms. The number of aromatic nitrogens is 4. The molecule has 3 heterocycles. The molecular weight excluding hydrogens is 306 g/mol. The van der Waals surface area contributed by atoms with E-state index in [0.29, 0.717) is 13.2 Å². The highest BCUT2D eigenvalue weighted by atomic mass is 16.5. The highest BCUT2D eigenvalue weighted by Gasteiger charge is 2.19. The van der Waals surface area contributed by atoms with Crippen LogP contribution in [0, 0.1) is 0 Å². The molecule has 2 aromatic rings. The second-order valence-corrected chi connectivity index (χ2v) is 5.92. The maximum atomic E-state index is 12.1. The summed E-state index contributed by atoms with van der Waals surface area (Å²) < 4.78 is 7.36. The van der Waals surface area contributed by atoms with Crippen LogP contribution in [-0.2, 0) is 29.0 Å². The van der Waals surface area contributed by atoms with Gasteiger partial charge in [0.2, 0.25) is 5.91 Å². The molecule has 1 atom stereocenters. The Morgan fingerprint density at radius 3 is 3.12 bits per heavy atom. The van der Waals surface area contributed by atoms with Crippen LogP contribution in [0.25, 0.3) is 0 Å². The van der Waals surface area contributed by atoms with E-state index in [-0.39, 0.29) is 18.4 Å². The van der Waals surface area contributed by atoms with Crippen molar-refractivity contribution in [2.45, 2.75) is 45.2 Å². The molecule has 0 aliphatic carbocycles. The lowest BCUT2D eigenvalue weighted by molar-refractivity contribution is -0.121. The van der Waals surface area contributed by atoms with E-state index in [1.54, 1.807) is 12.4 Å². The van der Waals surface area contributed by atoms with Crippen LogP contribution in [0.15, 0.2) is 24.7 Å². The van der Waals surface area contributed by atoms with Crippen molar-refractivity contribution in [1.82, 2.24) is 24.8 Å². The molecule has 0 saturated carbocycles. The first-order valence-corrected chi connectivity index (χ1v) is 8.42. The van der Waals surface area contributed by atoms with Gasteiger partial charge in [-0.2, -0.15) is 0 Å². The number of nitrogens with zero attached hydrogens (tertiary/aromatic N) is 4. The van der Waals surface area contributed by atoms with Crippen LogP contribution in [-0.4, -0.2) is 38.6 Å². The number of carbonyl (C=O) groups is 1. The first kappa shape index (κ1) is 16.6. The summed E-state index contributed by atoms with van der Waals surface area (Å²) in [5, 5.41) is 2.91. The lowest BCUT2D eigenvalue weighted by Crippen LogP contribution is -2.28. The number of aryl methyl sites for hydroxylation is 1. The molecular formula is C17H23N5O2. The lowest BCUT2D eigenvalue weighted by Gasteiger charge is -2.20. The van der Waals surface area contributed by atoms with Crippen LogP contribution < -0.4 is 5.32 Å². The summed E-state index contributed by atoms with van der Waals surface area (Å²) in [4.78, 5) is 25.3. The molecule has 1 aliphatic heterocycles. The number of carbonyl (C=O) groups excluding carboxylic acids is 1. The molecule has 0 radical (unpaired) electrons. The van der Waals surface area contributed by atoms with E-state index in [1.807, 2.05) is 23.8 Å². The van der Waals surface area contributed by atoms with E-state index in [4.69, 9.17) is 4.74 Å². The first-order chi connectivity index (χ1) is 11.8. The predicted molar refractivity (Wildman–Crippen MR) is 88.3 cm³/mol. The van der Waals surface area contributed by atoms with Crippen LogP contribution >= 0.6 is 0 Å². The molecule has 0 bridgehead atoms. The van der Waals surface area contributed by atoms with E-state index in [9.17, 15) is 4.79 Å². The van der Waals surface area contributed by atoms with Gasteiger partial charge in [-0.3, -0.25) is 4.79 Å². The van der Waals surface area contributed by atoms with Crippen molar-refractivity contribution in [2.24, 2.45) is 0 Å². The molecule has 1 fully saturated rings. The van der Waals surface area contributed by atoms with Crippen molar-refractivity contribution in [3.63, 3.8) is 0 Å². The molecule has 0 aromatic carbocycles. The van der Waals surface area contributed by atoms with Gasteiger partial charge < -0.3 is 14.6 Å². The Morgan fingerprint density at radius 2 is 2.33 bits per heavy atom. The topological polar surface area (TPSA) is 81.9 Å². The predicted octanol–water partition coefficient (Wildman–Crippen LogP) is 1.45. The summed E-state index contributed by atoms with van der Waals surface area (Å²) in [6.07, 6.45) is 8.19. The van der Waals surface area contributed by atoms with Gasteiger partial charge in [0, 0.05) is 37.5 Å². The van der Waals surface area contributed by atoms with Crippen LogP contribution in [0.2, 0.25) is 0 Å². The van der Waals surface area contributed by atoms with E-state index >= 15 is 0 Å². The summed E-state index contributed by atoms with van der Waals surface area (Å²) in [6.45, 7) is 4.19. The Bertz CT molecular complexity index is 679. The number of ether oxygens (including phenoxy) is 1. The van der Waals surface area contributed by atoms with Crippen molar-refractivity contribution >= 4 is 5.91 Å². The van der Waals surface area contributed by atoms with Crippen LogP contribution in [0.5, 0.6) is 0 Å². The number of hydrogen-bond donors (Lipinski definition) is 1. The SMILES string of the molecule is CCc1nccn1CC(=O)NCc1ccnc(C2CCCOC2)n1. The fourth-order valence-corrected chi connectivity index (χ4v) is 2.85. The summed E-state index contributed by atoms with van der Waals surface area (Å²) in [6, 6.07) is 1.84. The average Bonchev–Trinajstić information content (AvgIpc) is 3.08. The van der Waals surface area contributed by atoms with Crippen molar-refractivity contribution in [3.8, 4) is 0 Å². The molecule has 3 rings (SSSR count). The minimum atomic E-state index is -0.0520. The summed E-state index contributed by atoms with van der Waals surface area (Å²) in [5.74, 6) is 1.92. The van der Waals surface area contributed by atoms with Gasteiger partial charge in [-0.05, 0) is 18.9 Å². The van der Waals surface area contributed by atoms with E-state index in [1.165, 1.54) is 0 Å². The third-order valence-electron chi connectivity index (χ3n) is 4.16. The zero-order chi connectivity index (χ0) is 16.8. The van der Waals surface area contributed by atoms with Crippen LogP contribution in [0.4, 0.5) is 0 Å². The fourth-order valence-electron chi connectivity index (χ4n) is 2.85. The van der Waals surface area contributed by atoms with Gasteiger partial charge in [0.05, 0.1) is 18.8 Å². The smallest absolute Gasteiger partial charge is 0.240 e. The minimum absolute atomic E-state index is 0.0520. The van der Waals surface area contributed by atoms with E-state index in [2.05, 4.69) is 20.3 Å². The van der Waals surface area contributed by atoms with Crippen LogP contribution in [0.3, 0.4) is 0 Å². The number of hydrogen-bond acceptors (Lipinski definition) is 5. The Kier molecular flexibility index (Phi) is 5.53. The number of amides is 1. The zero-order valence-electron chi connectivity index (χ0n) is 13.9. The van der Waals surface area contributed by atoms with Crippen LogP contribution in [0.1, 0.15) is 43.0 Å².